The van der Waals surface area contributed by atoms with Gasteiger partial charge >= 0.3 is 0 Å². The molecule has 5 nitrogen and oxygen atoms in total. The van der Waals surface area contributed by atoms with Gasteiger partial charge in [0.05, 0.1) is 12.2 Å². The van der Waals surface area contributed by atoms with Gasteiger partial charge in [-0.15, -0.1) is 0 Å². The van der Waals surface area contributed by atoms with Crippen molar-refractivity contribution in [3.05, 3.63) is 35.9 Å². The third-order valence-corrected chi connectivity index (χ3v) is 9.40. The highest BCUT2D eigenvalue weighted by Crippen LogP contribution is 2.38. The molecule has 25 heavy (non-hydrogen) atoms. The largest absolute Gasteiger partial charge is 0.413 e. The lowest BCUT2D eigenvalue weighted by atomic mass is 10.0. The maximum absolute atomic E-state index is 12.4. The molecule has 0 saturated carbocycles. The zero-order valence-corrected chi connectivity index (χ0v) is 17.3. The summed E-state index contributed by atoms with van der Waals surface area (Å²) in [5.74, 6) is -0.876. The Labute approximate surface area is 152 Å². The number of hydrogen-bond donors (Lipinski definition) is 1. The molecule has 0 aliphatic rings. The molecule has 1 N–H and O–H groups in total. The predicted octanol–water partition coefficient (Wildman–Crippen LogP) is 3.94. The molecular weight excluding hydrogens is 332 g/mol. The summed E-state index contributed by atoms with van der Waals surface area (Å²) in [6.07, 6.45) is -1.09. The van der Waals surface area contributed by atoms with E-state index in [2.05, 4.69) is 45.3 Å². The van der Waals surface area contributed by atoms with Gasteiger partial charge in [-0.05, 0) is 37.2 Å². The Kier molecular flexibility index (Phi) is 7.36. The van der Waals surface area contributed by atoms with Gasteiger partial charge in [0.2, 0.25) is 0 Å². The number of nitriles is 1. The number of rotatable bonds is 7. The molecule has 0 heterocycles. The van der Waals surface area contributed by atoms with Crippen LogP contribution >= 0.6 is 0 Å². The average molecular weight is 363 g/mol. The quantitative estimate of drug-likeness (QED) is 0.589. The number of nitrogens with zero attached hydrogens (tertiary/aromatic N) is 1. The second-order valence-corrected chi connectivity index (χ2v) is 12.5. The van der Waals surface area contributed by atoms with Crippen LogP contribution in [0.25, 0.3) is 0 Å². The molecule has 138 valence electrons. The summed E-state index contributed by atoms with van der Waals surface area (Å²) in [7, 11) is -0.543. The maximum atomic E-state index is 12.4. The molecule has 0 aromatic heterocycles. The first-order valence-electron chi connectivity index (χ1n) is 8.49. The fraction of sp³-hybridized carbons (Fsp3) is 0.579. The van der Waals surface area contributed by atoms with Crippen LogP contribution in [0.2, 0.25) is 18.1 Å². The molecule has 1 aromatic rings. The minimum Gasteiger partial charge on any atom is -0.413 e. The number of ether oxygens (including phenoxy) is 1. The lowest BCUT2D eigenvalue weighted by molar-refractivity contribution is 0.00297. The summed E-state index contributed by atoms with van der Waals surface area (Å²) < 4.78 is 11.7. The normalized spacial score (nSPS) is 15.8. The van der Waals surface area contributed by atoms with Crippen LogP contribution in [0.15, 0.2) is 30.3 Å². The monoisotopic (exact) mass is 362 g/mol. The summed E-state index contributed by atoms with van der Waals surface area (Å²) in [5, 5.41) is 12.5. The molecule has 0 bridgehead atoms. The summed E-state index contributed by atoms with van der Waals surface area (Å²) >= 11 is 0. The lowest BCUT2D eigenvalue weighted by Gasteiger charge is -2.40. The number of benzene rings is 1. The topological polar surface area (TPSA) is 71.3 Å². The molecule has 0 saturated heterocycles. The van der Waals surface area contributed by atoms with Gasteiger partial charge in [0.1, 0.15) is 12.1 Å². The third-order valence-electron chi connectivity index (χ3n) is 4.83. The van der Waals surface area contributed by atoms with Crippen molar-refractivity contribution in [2.24, 2.45) is 5.92 Å². The number of amides is 1. The SMILES string of the molecule is CO[C@@H](NC(=O)c1ccccc1)[C@H](C#N)[C@@H](C)O[Si](C)(C)C(C)(C)C. The average Bonchev–Trinajstić information content (AvgIpc) is 2.53. The van der Waals surface area contributed by atoms with Gasteiger partial charge in [-0.3, -0.25) is 4.79 Å². The molecular formula is C19H30N2O3Si. The van der Waals surface area contributed by atoms with Gasteiger partial charge in [-0.1, -0.05) is 39.0 Å². The van der Waals surface area contributed by atoms with Crippen molar-refractivity contribution in [1.29, 1.82) is 5.26 Å². The summed E-state index contributed by atoms with van der Waals surface area (Å²) in [5.41, 5.74) is 0.527. The highest BCUT2D eigenvalue weighted by molar-refractivity contribution is 6.74. The maximum Gasteiger partial charge on any atom is 0.253 e. The first-order chi connectivity index (χ1) is 11.5. The third kappa shape index (κ3) is 5.67. The summed E-state index contributed by atoms with van der Waals surface area (Å²) in [6, 6.07) is 11.1. The van der Waals surface area contributed by atoms with Gasteiger partial charge in [0, 0.05) is 12.7 Å². The Morgan fingerprint density at radius 2 is 1.80 bits per heavy atom. The highest BCUT2D eigenvalue weighted by Gasteiger charge is 2.41. The number of hydrogen-bond acceptors (Lipinski definition) is 4. The second kappa shape index (κ2) is 8.61. The van der Waals surface area contributed by atoms with Crippen molar-refractivity contribution in [3.8, 4) is 6.07 Å². The Hall–Kier alpha value is -1.68. The van der Waals surface area contributed by atoms with Gasteiger partial charge < -0.3 is 14.5 Å². The van der Waals surface area contributed by atoms with Crippen molar-refractivity contribution < 1.29 is 14.0 Å². The standard InChI is InChI=1S/C19H30N2O3Si/c1-14(24-25(6,7)19(2,3)4)16(13-20)18(23-5)21-17(22)15-11-9-8-10-12-15/h8-12,14,16,18H,1-7H3,(H,21,22)/t14-,16-,18-/m1/s1. The number of nitrogens with one attached hydrogen (secondary N) is 1. The Morgan fingerprint density at radius 3 is 2.24 bits per heavy atom. The molecule has 0 radical (unpaired) electrons. The van der Waals surface area contributed by atoms with E-state index in [1.165, 1.54) is 7.11 Å². The molecule has 1 aromatic carbocycles. The predicted molar refractivity (Wildman–Crippen MR) is 102 cm³/mol. The van der Waals surface area contributed by atoms with E-state index in [9.17, 15) is 10.1 Å². The van der Waals surface area contributed by atoms with Crippen LogP contribution in [-0.2, 0) is 9.16 Å². The van der Waals surface area contributed by atoms with Crippen LogP contribution in [0.4, 0.5) is 0 Å². The Balaban J connectivity index is 2.88. The Morgan fingerprint density at radius 1 is 1.24 bits per heavy atom. The van der Waals surface area contributed by atoms with Crippen molar-refractivity contribution in [2.75, 3.05) is 7.11 Å². The number of carbonyl (C=O) groups is 1. The second-order valence-electron chi connectivity index (χ2n) is 7.73. The first kappa shape index (κ1) is 21.4. The van der Waals surface area contributed by atoms with Crippen LogP contribution in [0.3, 0.4) is 0 Å². The van der Waals surface area contributed by atoms with Crippen LogP contribution in [0, 0.1) is 17.2 Å². The van der Waals surface area contributed by atoms with Gasteiger partial charge in [-0.25, -0.2) is 0 Å². The number of methoxy groups -OCH3 is 1. The van der Waals surface area contributed by atoms with Gasteiger partial charge in [0.25, 0.3) is 5.91 Å². The van der Waals surface area contributed by atoms with Crippen LogP contribution in [0.1, 0.15) is 38.1 Å². The molecule has 3 atom stereocenters. The first-order valence-corrected chi connectivity index (χ1v) is 11.4. The number of carbonyl (C=O) groups excluding carboxylic acids is 1. The summed E-state index contributed by atoms with van der Waals surface area (Å²) in [4.78, 5) is 12.4. The Bertz CT molecular complexity index is 605. The van der Waals surface area contributed by atoms with E-state index in [-0.39, 0.29) is 17.0 Å². The van der Waals surface area contributed by atoms with Gasteiger partial charge in [-0.2, -0.15) is 5.26 Å². The molecule has 1 amide bonds. The molecule has 0 fully saturated rings. The smallest absolute Gasteiger partial charge is 0.253 e. The van der Waals surface area contributed by atoms with E-state index in [0.717, 1.165) is 0 Å². The lowest BCUT2D eigenvalue weighted by Crippen LogP contribution is -2.50. The zero-order chi connectivity index (χ0) is 19.3. The van der Waals surface area contributed by atoms with E-state index in [4.69, 9.17) is 9.16 Å². The van der Waals surface area contributed by atoms with Crippen LogP contribution in [-0.4, -0.2) is 33.7 Å². The van der Waals surface area contributed by atoms with E-state index < -0.39 is 20.5 Å². The van der Waals surface area contributed by atoms with E-state index in [1.54, 1.807) is 24.3 Å². The minimum absolute atomic E-state index is 0.0388. The van der Waals surface area contributed by atoms with E-state index >= 15 is 0 Å². The fourth-order valence-corrected chi connectivity index (χ4v) is 3.66. The summed E-state index contributed by atoms with van der Waals surface area (Å²) in [6.45, 7) is 12.6. The van der Waals surface area contributed by atoms with Crippen molar-refractivity contribution >= 4 is 14.2 Å². The molecule has 0 spiro atoms. The van der Waals surface area contributed by atoms with Crippen molar-refractivity contribution in [2.45, 2.75) is 58.2 Å². The van der Waals surface area contributed by atoms with Crippen molar-refractivity contribution in [3.63, 3.8) is 0 Å². The highest BCUT2D eigenvalue weighted by atomic mass is 28.4. The molecule has 0 aliphatic heterocycles. The van der Waals surface area contributed by atoms with Crippen LogP contribution in [0.5, 0.6) is 0 Å². The molecule has 6 heteroatoms. The van der Waals surface area contributed by atoms with Gasteiger partial charge in [0.15, 0.2) is 8.32 Å². The molecule has 1 rings (SSSR count). The van der Waals surface area contributed by atoms with E-state index in [1.807, 2.05) is 13.0 Å². The molecule has 0 aliphatic carbocycles. The fourth-order valence-electron chi connectivity index (χ4n) is 2.23. The minimum atomic E-state index is -2.03. The zero-order valence-electron chi connectivity index (χ0n) is 16.3. The molecule has 0 unspecified atom stereocenters. The van der Waals surface area contributed by atoms with Crippen molar-refractivity contribution in [1.82, 2.24) is 5.32 Å². The van der Waals surface area contributed by atoms with Crippen LogP contribution < -0.4 is 5.32 Å². The van der Waals surface area contributed by atoms with E-state index in [0.29, 0.717) is 5.56 Å².